The molecule has 0 radical (unpaired) electrons. The van der Waals surface area contributed by atoms with Crippen molar-refractivity contribution in [3.63, 3.8) is 0 Å². The Balaban J connectivity index is 4.42. The zero-order valence-corrected chi connectivity index (χ0v) is 6.93. The van der Waals surface area contributed by atoms with E-state index in [1.807, 2.05) is 20.8 Å². The van der Waals surface area contributed by atoms with Gasteiger partial charge in [-0.2, -0.15) is 0 Å². The standard InChI is InChI=1S/C8H13NO/c1-5-8(7(4)10)9-6(2)3/h5H,1-4H3/b8-5-. The highest BCUT2D eigenvalue weighted by atomic mass is 16.1. The maximum Gasteiger partial charge on any atom is 0.177 e. The first-order valence-electron chi connectivity index (χ1n) is 3.27. The van der Waals surface area contributed by atoms with E-state index >= 15 is 0 Å². The van der Waals surface area contributed by atoms with Crippen molar-refractivity contribution in [2.45, 2.75) is 27.7 Å². The van der Waals surface area contributed by atoms with Gasteiger partial charge in [0.2, 0.25) is 0 Å². The summed E-state index contributed by atoms with van der Waals surface area (Å²) in [7, 11) is 0. The molecule has 0 aliphatic heterocycles. The molecular weight excluding hydrogens is 126 g/mol. The van der Waals surface area contributed by atoms with Gasteiger partial charge in [-0.1, -0.05) is 6.08 Å². The van der Waals surface area contributed by atoms with Crippen LogP contribution >= 0.6 is 0 Å². The van der Waals surface area contributed by atoms with Crippen molar-refractivity contribution in [1.82, 2.24) is 0 Å². The Morgan fingerprint density at radius 2 is 1.80 bits per heavy atom. The van der Waals surface area contributed by atoms with Crippen LogP contribution in [0.4, 0.5) is 0 Å². The molecule has 0 bridgehead atoms. The summed E-state index contributed by atoms with van der Waals surface area (Å²) in [4.78, 5) is 14.8. The average Bonchev–Trinajstić information content (AvgIpc) is 1.81. The van der Waals surface area contributed by atoms with Gasteiger partial charge in [0.25, 0.3) is 0 Å². The molecule has 0 saturated heterocycles. The zero-order chi connectivity index (χ0) is 8.15. The molecule has 56 valence electrons. The van der Waals surface area contributed by atoms with E-state index in [1.165, 1.54) is 6.92 Å². The summed E-state index contributed by atoms with van der Waals surface area (Å²) in [6, 6.07) is 0. The summed E-state index contributed by atoms with van der Waals surface area (Å²) in [5.41, 5.74) is 1.45. The number of carbonyl (C=O) groups excluding carboxylic acids is 1. The second-order valence-electron chi connectivity index (χ2n) is 2.29. The lowest BCUT2D eigenvalue weighted by atomic mass is 10.3. The molecule has 0 heterocycles. The minimum absolute atomic E-state index is 0.0173. The highest BCUT2D eigenvalue weighted by Gasteiger charge is 1.97. The second-order valence-corrected chi connectivity index (χ2v) is 2.29. The Morgan fingerprint density at radius 3 is 1.90 bits per heavy atom. The fourth-order valence-electron chi connectivity index (χ4n) is 0.587. The Morgan fingerprint density at radius 1 is 1.30 bits per heavy atom. The van der Waals surface area contributed by atoms with E-state index in [2.05, 4.69) is 4.99 Å². The molecule has 0 unspecified atom stereocenters. The van der Waals surface area contributed by atoms with E-state index in [0.717, 1.165) is 5.71 Å². The SMILES string of the molecule is C/C=C(\N=C(C)C)C(C)=O. The summed E-state index contributed by atoms with van der Waals surface area (Å²) >= 11 is 0. The monoisotopic (exact) mass is 139 g/mol. The molecule has 0 amide bonds. The van der Waals surface area contributed by atoms with Gasteiger partial charge < -0.3 is 0 Å². The Labute approximate surface area is 61.7 Å². The number of Topliss-reactive ketones (excluding diaryl/α,β-unsaturated/α-hetero) is 1. The number of aliphatic imine (C=N–C) groups is 1. The topological polar surface area (TPSA) is 29.4 Å². The van der Waals surface area contributed by atoms with Gasteiger partial charge in [-0.25, -0.2) is 0 Å². The van der Waals surface area contributed by atoms with Crippen LogP contribution in [0.3, 0.4) is 0 Å². The first-order chi connectivity index (χ1) is 4.57. The van der Waals surface area contributed by atoms with Gasteiger partial charge in [-0.3, -0.25) is 9.79 Å². The van der Waals surface area contributed by atoms with Gasteiger partial charge in [0.15, 0.2) is 5.78 Å². The lowest BCUT2D eigenvalue weighted by Gasteiger charge is -1.93. The fourth-order valence-corrected chi connectivity index (χ4v) is 0.587. The van der Waals surface area contributed by atoms with Crippen LogP contribution in [0.1, 0.15) is 27.7 Å². The molecule has 0 aliphatic carbocycles. The Kier molecular flexibility index (Phi) is 3.62. The summed E-state index contributed by atoms with van der Waals surface area (Å²) in [5, 5.41) is 0. The highest BCUT2D eigenvalue weighted by molar-refractivity contribution is 5.96. The molecule has 0 aromatic carbocycles. The van der Waals surface area contributed by atoms with Crippen molar-refractivity contribution in [3.05, 3.63) is 11.8 Å². The lowest BCUT2D eigenvalue weighted by molar-refractivity contribution is -0.113. The van der Waals surface area contributed by atoms with Gasteiger partial charge in [0, 0.05) is 12.6 Å². The fraction of sp³-hybridized carbons (Fsp3) is 0.500. The molecule has 10 heavy (non-hydrogen) atoms. The minimum atomic E-state index is 0.0173. The molecule has 0 aromatic rings. The molecule has 0 atom stereocenters. The van der Waals surface area contributed by atoms with Gasteiger partial charge in [-0.15, -0.1) is 0 Å². The van der Waals surface area contributed by atoms with Crippen LogP contribution < -0.4 is 0 Å². The van der Waals surface area contributed by atoms with Crippen LogP contribution in [0.15, 0.2) is 16.8 Å². The van der Waals surface area contributed by atoms with Crippen LogP contribution in [0.5, 0.6) is 0 Å². The Hall–Kier alpha value is -0.920. The van der Waals surface area contributed by atoms with Gasteiger partial charge in [0.1, 0.15) is 5.70 Å². The molecule has 0 aliphatic rings. The third-order valence-corrected chi connectivity index (χ3v) is 0.978. The third-order valence-electron chi connectivity index (χ3n) is 0.978. The van der Waals surface area contributed by atoms with Crippen molar-refractivity contribution in [3.8, 4) is 0 Å². The van der Waals surface area contributed by atoms with E-state index in [9.17, 15) is 4.79 Å². The number of hydrogen-bond acceptors (Lipinski definition) is 2. The number of nitrogens with zero attached hydrogens (tertiary/aromatic N) is 1. The van der Waals surface area contributed by atoms with Gasteiger partial charge >= 0.3 is 0 Å². The molecule has 0 aromatic heterocycles. The van der Waals surface area contributed by atoms with Crippen LogP contribution in [-0.2, 0) is 4.79 Å². The normalized spacial score (nSPS) is 11.0. The maximum atomic E-state index is 10.7. The van der Waals surface area contributed by atoms with Gasteiger partial charge in [0.05, 0.1) is 0 Å². The van der Waals surface area contributed by atoms with E-state index in [4.69, 9.17) is 0 Å². The Bertz CT molecular complexity index is 185. The molecular formula is C8H13NO. The number of carbonyl (C=O) groups is 1. The molecule has 0 rings (SSSR count). The van der Waals surface area contributed by atoms with Gasteiger partial charge in [-0.05, 0) is 20.8 Å². The number of rotatable bonds is 2. The second kappa shape index (κ2) is 3.99. The van der Waals surface area contributed by atoms with Crippen LogP contribution in [0.25, 0.3) is 0 Å². The maximum absolute atomic E-state index is 10.7. The van der Waals surface area contributed by atoms with Crippen LogP contribution in [-0.4, -0.2) is 11.5 Å². The lowest BCUT2D eigenvalue weighted by Crippen LogP contribution is -1.95. The molecule has 2 heteroatoms. The van der Waals surface area contributed by atoms with Crippen molar-refractivity contribution < 1.29 is 4.79 Å². The van der Waals surface area contributed by atoms with Crippen molar-refractivity contribution in [2.75, 3.05) is 0 Å². The first kappa shape index (κ1) is 9.08. The van der Waals surface area contributed by atoms with Crippen LogP contribution in [0.2, 0.25) is 0 Å². The summed E-state index contributed by atoms with van der Waals surface area (Å²) < 4.78 is 0. The summed E-state index contributed by atoms with van der Waals surface area (Å²) in [6.45, 7) is 7.06. The molecule has 0 spiro atoms. The average molecular weight is 139 g/mol. The summed E-state index contributed by atoms with van der Waals surface area (Å²) in [6.07, 6.45) is 1.72. The van der Waals surface area contributed by atoms with Crippen LogP contribution in [0, 0.1) is 0 Å². The van der Waals surface area contributed by atoms with E-state index < -0.39 is 0 Å². The first-order valence-corrected chi connectivity index (χ1v) is 3.27. The number of ketones is 1. The predicted molar refractivity (Wildman–Crippen MR) is 43.2 cm³/mol. The quantitative estimate of drug-likeness (QED) is 0.424. The molecule has 0 saturated carbocycles. The van der Waals surface area contributed by atoms with Crippen molar-refractivity contribution in [1.29, 1.82) is 0 Å². The smallest absolute Gasteiger partial charge is 0.177 e. The molecule has 0 fully saturated rings. The van der Waals surface area contributed by atoms with E-state index in [-0.39, 0.29) is 5.78 Å². The summed E-state index contributed by atoms with van der Waals surface area (Å²) in [5.74, 6) is 0.0173. The zero-order valence-electron chi connectivity index (χ0n) is 6.93. The largest absolute Gasteiger partial charge is 0.293 e. The predicted octanol–water partition coefficient (Wildman–Crippen LogP) is 1.96. The van der Waals surface area contributed by atoms with Crippen molar-refractivity contribution in [2.24, 2.45) is 4.99 Å². The number of hydrogen-bond donors (Lipinski definition) is 0. The van der Waals surface area contributed by atoms with Crippen molar-refractivity contribution >= 4 is 11.5 Å². The number of allylic oxidation sites excluding steroid dienone is 2. The third kappa shape index (κ3) is 3.17. The van der Waals surface area contributed by atoms with E-state index in [1.54, 1.807) is 6.08 Å². The molecule has 2 nitrogen and oxygen atoms in total. The minimum Gasteiger partial charge on any atom is -0.293 e. The van der Waals surface area contributed by atoms with E-state index in [0.29, 0.717) is 5.70 Å². The molecule has 0 N–H and O–H groups in total. The highest BCUT2D eigenvalue weighted by Crippen LogP contribution is 1.98.